The minimum atomic E-state index is -4.66. The summed E-state index contributed by atoms with van der Waals surface area (Å²) in [7, 11) is 0. The van der Waals surface area contributed by atoms with E-state index in [-0.39, 0.29) is 31.2 Å². The number of amides is 1. The lowest BCUT2D eigenvalue weighted by Gasteiger charge is -2.24. The number of unbranched alkanes of at least 4 members (excludes halogenated alkanes) is 1. The van der Waals surface area contributed by atoms with Crippen LogP contribution < -0.4 is 4.74 Å². The Labute approximate surface area is 214 Å². The molecule has 0 fully saturated rings. The fourth-order valence-corrected chi connectivity index (χ4v) is 3.91. The van der Waals surface area contributed by atoms with E-state index in [1.54, 1.807) is 31.2 Å². The number of halogens is 4. The summed E-state index contributed by atoms with van der Waals surface area (Å²) in [5.41, 5.74) is -0.354. The molecule has 0 aromatic heterocycles. The maximum Gasteiger partial charge on any atom is 0.416 e. The van der Waals surface area contributed by atoms with E-state index < -0.39 is 35.5 Å². The second kappa shape index (κ2) is 14.0. The van der Waals surface area contributed by atoms with Crippen molar-refractivity contribution in [2.75, 3.05) is 19.8 Å². The Morgan fingerprint density at radius 3 is 2.24 bits per heavy atom. The van der Waals surface area contributed by atoms with Gasteiger partial charge in [-0.05, 0) is 49.6 Å². The lowest BCUT2D eigenvalue weighted by molar-refractivity contribution is -0.151. The summed E-state index contributed by atoms with van der Waals surface area (Å²) in [6.07, 6.45) is -3.70. The van der Waals surface area contributed by atoms with Gasteiger partial charge in [0.25, 0.3) is 5.91 Å². The molecule has 2 aromatic rings. The molecule has 2 rings (SSSR count). The van der Waals surface area contributed by atoms with Crippen molar-refractivity contribution in [3.05, 3.63) is 65.0 Å². The highest BCUT2D eigenvalue weighted by Gasteiger charge is 2.31. The average molecular weight is 528 g/mol. The molecule has 204 valence electrons. The van der Waals surface area contributed by atoms with E-state index in [9.17, 15) is 32.3 Å². The molecule has 2 aromatic carbocycles. The zero-order valence-corrected chi connectivity index (χ0v) is 21.2. The highest BCUT2D eigenvalue weighted by Crippen LogP contribution is 2.31. The molecule has 1 amide bonds. The van der Waals surface area contributed by atoms with Gasteiger partial charge < -0.3 is 19.5 Å². The first-order valence-corrected chi connectivity index (χ1v) is 12.2. The first-order valence-electron chi connectivity index (χ1n) is 12.2. The van der Waals surface area contributed by atoms with Gasteiger partial charge in [-0.2, -0.15) is 13.2 Å². The molecule has 6 nitrogen and oxygen atoms in total. The van der Waals surface area contributed by atoms with E-state index in [2.05, 4.69) is 0 Å². The normalized spacial score (nSPS) is 13.2. The predicted molar refractivity (Wildman–Crippen MR) is 130 cm³/mol. The van der Waals surface area contributed by atoms with Crippen molar-refractivity contribution in [3.63, 3.8) is 0 Å². The number of hydrogen-bond acceptors (Lipinski definition) is 4. The highest BCUT2D eigenvalue weighted by atomic mass is 19.4. The van der Waals surface area contributed by atoms with E-state index in [1.165, 1.54) is 4.90 Å². The summed E-state index contributed by atoms with van der Waals surface area (Å²) in [6, 6.07) is 8.96. The van der Waals surface area contributed by atoms with E-state index >= 15 is 0 Å². The third-order valence-electron chi connectivity index (χ3n) is 5.94. The zero-order chi connectivity index (χ0) is 27.6. The van der Waals surface area contributed by atoms with Gasteiger partial charge in [0.15, 0.2) is 12.7 Å². The Morgan fingerprint density at radius 1 is 1.05 bits per heavy atom. The number of carboxylic acids is 1. The standard InChI is InChI=1S/C27H33F4NO5/c1-4-7-14-32(16-19-8-11-20(15-23(19)28)27(29,30)31)24(33)17-37-21-12-9-18(10-13-21)22(5-2)25(26(34)35)36-6-3/h8-13,15,22,25H,4-7,14,16-17H2,1-3H3,(H,34,35)/t22?,25-/m0/s1. The number of alkyl halides is 3. The second-order valence-electron chi connectivity index (χ2n) is 8.56. The van der Waals surface area contributed by atoms with Crippen molar-refractivity contribution in [1.29, 1.82) is 0 Å². The summed E-state index contributed by atoms with van der Waals surface area (Å²) in [5, 5.41) is 9.49. The van der Waals surface area contributed by atoms with Gasteiger partial charge in [0.2, 0.25) is 0 Å². The van der Waals surface area contributed by atoms with Crippen LogP contribution in [0.5, 0.6) is 5.75 Å². The molecular weight excluding hydrogens is 494 g/mol. The Kier molecular flexibility index (Phi) is 11.4. The molecule has 0 bridgehead atoms. The van der Waals surface area contributed by atoms with E-state index in [4.69, 9.17) is 9.47 Å². The van der Waals surface area contributed by atoms with Gasteiger partial charge in [0.05, 0.1) is 5.56 Å². The smallest absolute Gasteiger partial charge is 0.416 e. The first-order chi connectivity index (χ1) is 17.5. The predicted octanol–water partition coefficient (Wildman–Crippen LogP) is 6.04. The molecule has 2 atom stereocenters. The van der Waals surface area contributed by atoms with Gasteiger partial charge in [-0.25, -0.2) is 9.18 Å². The van der Waals surface area contributed by atoms with Crippen LogP contribution in [0.1, 0.15) is 62.6 Å². The summed E-state index contributed by atoms with van der Waals surface area (Å²) in [4.78, 5) is 25.8. The van der Waals surface area contributed by atoms with Crippen molar-refractivity contribution in [2.45, 2.75) is 64.8 Å². The number of carboxylic acid groups (broad SMARTS) is 1. The van der Waals surface area contributed by atoms with Gasteiger partial charge >= 0.3 is 12.1 Å². The quantitative estimate of drug-likeness (QED) is 0.304. The van der Waals surface area contributed by atoms with Crippen molar-refractivity contribution >= 4 is 11.9 Å². The van der Waals surface area contributed by atoms with Crippen LogP contribution in [-0.4, -0.2) is 47.7 Å². The molecule has 0 saturated carbocycles. The van der Waals surface area contributed by atoms with Gasteiger partial charge in [0, 0.05) is 31.2 Å². The largest absolute Gasteiger partial charge is 0.484 e. The molecule has 0 heterocycles. The minimum absolute atomic E-state index is 0.0188. The number of hydrogen-bond donors (Lipinski definition) is 1. The maximum atomic E-state index is 14.3. The lowest BCUT2D eigenvalue weighted by atomic mass is 9.91. The lowest BCUT2D eigenvalue weighted by Crippen LogP contribution is -2.35. The summed E-state index contributed by atoms with van der Waals surface area (Å²) in [6.45, 7) is 5.55. The number of carbonyl (C=O) groups is 2. The molecule has 0 spiro atoms. The van der Waals surface area contributed by atoms with Crippen molar-refractivity contribution in [3.8, 4) is 5.75 Å². The zero-order valence-electron chi connectivity index (χ0n) is 21.2. The van der Waals surface area contributed by atoms with Crippen LogP contribution in [0.3, 0.4) is 0 Å². The van der Waals surface area contributed by atoms with E-state index in [0.29, 0.717) is 31.2 Å². The van der Waals surface area contributed by atoms with Gasteiger partial charge in [-0.15, -0.1) is 0 Å². The molecule has 1 N–H and O–H groups in total. The van der Waals surface area contributed by atoms with E-state index in [1.807, 2.05) is 13.8 Å². The third kappa shape index (κ3) is 8.73. The fraction of sp³-hybridized carbons (Fsp3) is 0.481. The monoisotopic (exact) mass is 527 g/mol. The molecule has 37 heavy (non-hydrogen) atoms. The molecule has 0 aliphatic heterocycles. The molecule has 10 heteroatoms. The van der Waals surface area contributed by atoms with Crippen molar-refractivity contribution < 1.29 is 41.7 Å². The van der Waals surface area contributed by atoms with Crippen LogP contribution in [0.4, 0.5) is 17.6 Å². The number of aliphatic carboxylic acids is 1. The number of benzene rings is 2. The SMILES string of the molecule is CCCCN(Cc1ccc(C(F)(F)F)cc1F)C(=O)COc1ccc(C(CC)[C@H](OCC)C(=O)O)cc1. The van der Waals surface area contributed by atoms with Crippen LogP contribution in [0.15, 0.2) is 42.5 Å². The highest BCUT2D eigenvalue weighted by molar-refractivity contribution is 5.77. The molecule has 0 aliphatic rings. The van der Waals surface area contributed by atoms with Gasteiger partial charge in [0.1, 0.15) is 11.6 Å². The van der Waals surface area contributed by atoms with Crippen LogP contribution in [0.2, 0.25) is 0 Å². The van der Waals surface area contributed by atoms with Crippen molar-refractivity contribution in [2.24, 2.45) is 0 Å². The summed E-state index contributed by atoms with van der Waals surface area (Å²) >= 11 is 0. The Hall–Kier alpha value is -3.14. The van der Waals surface area contributed by atoms with Crippen molar-refractivity contribution in [1.82, 2.24) is 4.90 Å². The maximum absolute atomic E-state index is 14.3. The van der Waals surface area contributed by atoms with Gasteiger partial charge in [-0.3, -0.25) is 4.79 Å². The molecule has 1 unspecified atom stereocenters. The molecule has 0 aliphatic carbocycles. The van der Waals surface area contributed by atoms with Crippen LogP contribution in [-0.2, 0) is 27.0 Å². The first kappa shape index (κ1) is 30.1. The summed E-state index contributed by atoms with van der Waals surface area (Å²) < 4.78 is 63.9. The van der Waals surface area contributed by atoms with Crippen LogP contribution >= 0.6 is 0 Å². The second-order valence-corrected chi connectivity index (χ2v) is 8.56. The van der Waals surface area contributed by atoms with Crippen LogP contribution in [0, 0.1) is 5.82 Å². The van der Waals surface area contributed by atoms with Crippen LogP contribution in [0.25, 0.3) is 0 Å². The fourth-order valence-electron chi connectivity index (χ4n) is 3.91. The number of carbonyl (C=O) groups excluding carboxylic acids is 1. The molecule has 0 radical (unpaired) electrons. The Morgan fingerprint density at radius 2 is 1.73 bits per heavy atom. The van der Waals surface area contributed by atoms with Gasteiger partial charge in [-0.1, -0.05) is 38.5 Å². The molecular formula is C27H33F4NO5. The third-order valence-corrected chi connectivity index (χ3v) is 5.94. The average Bonchev–Trinajstić information content (AvgIpc) is 2.85. The minimum Gasteiger partial charge on any atom is -0.484 e. The Bertz CT molecular complexity index is 1030. The van der Waals surface area contributed by atoms with E-state index in [0.717, 1.165) is 24.1 Å². The number of ether oxygens (including phenoxy) is 2. The number of rotatable bonds is 14. The Balaban J connectivity index is 2.08. The molecule has 0 saturated heterocycles. The number of nitrogens with zero attached hydrogens (tertiary/aromatic N) is 1. The topological polar surface area (TPSA) is 76.1 Å². The summed E-state index contributed by atoms with van der Waals surface area (Å²) in [5.74, 6) is -2.50.